The van der Waals surface area contributed by atoms with Gasteiger partial charge in [0.1, 0.15) is 5.54 Å². The van der Waals surface area contributed by atoms with Crippen molar-refractivity contribution in [2.45, 2.75) is 5.54 Å². The van der Waals surface area contributed by atoms with Gasteiger partial charge < -0.3 is 11.5 Å². The van der Waals surface area contributed by atoms with Crippen molar-refractivity contribution < 1.29 is 0 Å². The standard InChI is InChI=1S/C20H19N3/c21-19(22)23-20(16-10-4-1-5-11-16,17-12-6-2-7-13-17)18-14-8-3-9-15-18/h1-15H,(H4,21,22,23). The average molecular weight is 301 g/mol. The average Bonchev–Trinajstić information content (AvgIpc) is 2.62. The highest BCUT2D eigenvalue weighted by Crippen LogP contribution is 2.40. The topological polar surface area (TPSA) is 64.4 Å². The van der Waals surface area contributed by atoms with Gasteiger partial charge in [-0.2, -0.15) is 0 Å². The zero-order valence-corrected chi connectivity index (χ0v) is 12.8. The first-order valence-corrected chi connectivity index (χ1v) is 7.51. The molecule has 0 atom stereocenters. The first kappa shape index (κ1) is 14.9. The van der Waals surface area contributed by atoms with E-state index in [1.165, 1.54) is 0 Å². The van der Waals surface area contributed by atoms with E-state index in [2.05, 4.69) is 0 Å². The van der Waals surface area contributed by atoms with E-state index in [1.54, 1.807) is 0 Å². The van der Waals surface area contributed by atoms with Crippen LogP contribution in [0.2, 0.25) is 0 Å². The molecule has 3 nitrogen and oxygen atoms in total. The fourth-order valence-electron chi connectivity index (χ4n) is 2.93. The third-order valence-corrected chi connectivity index (χ3v) is 3.87. The quantitative estimate of drug-likeness (QED) is 0.441. The molecule has 0 saturated carbocycles. The van der Waals surface area contributed by atoms with Crippen molar-refractivity contribution in [1.82, 2.24) is 0 Å². The first-order chi connectivity index (χ1) is 11.2. The van der Waals surface area contributed by atoms with Crippen LogP contribution in [0.4, 0.5) is 0 Å². The second kappa shape index (κ2) is 6.36. The molecule has 0 aliphatic heterocycles. The van der Waals surface area contributed by atoms with E-state index in [1.807, 2.05) is 91.0 Å². The number of nitrogens with zero attached hydrogens (tertiary/aromatic N) is 1. The van der Waals surface area contributed by atoms with Gasteiger partial charge in [0.25, 0.3) is 0 Å². The molecule has 3 rings (SSSR count). The summed E-state index contributed by atoms with van der Waals surface area (Å²) in [5, 5.41) is 0. The summed E-state index contributed by atoms with van der Waals surface area (Å²) in [6, 6.07) is 30.2. The molecular weight excluding hydrogens is 282 g/mol. The Hall–Kier alpha value is -3.07. The predicted molar refractivity (Wildman–Crippen MR) is 95.0 cm³/mol. The summed E-state index contributed by atoms with van der Waals surface area (Å²) in [4.78, 5) is 4.69. The second-order valence-electron chi connectivity index (χ2n) is 5.35. The lowest BCUT2D eigenvalue weighted by molar-refractivity contribution is 0.654. The van der Waals surface area contributed by atoms with Crippen LogP contribution in [0.5, 0.6) is 0 Å². The van der Waals surface area contributed by atoms with Gasteiger partial charge in [-0.25, -0.2) is 4.99 Å². The van der Waals surface area contributed by atoms with Crippen LogP contribution in [0.15, 0.2) is 96.0 Å². The number of hydrogen-bond donors (Lipinski definition) is 2. The summed E-state index contributed by atoms with van der Waals surface area (Å²) in [5.74, 6) is 0.0570. The van der Waals surface area contributed by atoms with Crippen LogP contribution >= 0.6 is 0 Å². The van der Waals surface area contributed by atoms with Crippen LogP contribution < -0.4 is 11.5 Å². The van der Waals surface area contributed by atoms with Gasteiger partial charge in [-0.05, 0) is 16.7 Å². The molecule has 0 aliphatic rings. The SMILES string of the molecule is NC(N)=NC(c1ccccc1)(c1ccccc1)c1ccccc1. The van der Waals surface area contributed by atoms with Crippen LogP contribution in [0.3, 0.4) is 0 Å². The Balaban J connectivity index is 2.38. The molecule has 0 unspecified atom stereocenters. The second-order valence-corrected chi connectivity index (χ2v) is 5.35. The van der Waals surface area contributed by atoms with Gasteiger partial charge >= 0.3 is 0 Å². The highest BCUT2D eigenvalue weighted by Gasteiger charge is 2.36. The number of rotatable bonds is 4. The molecule has 3 aromatic rings. The molecule has 0 spiro atoms. The zero-order chi connectivity index (χ0) is 16.1. The van der Waals surface area contributed by atoms with Crippen molar-refractivity contribution in [1.29, 1.82) is 0 Å². The largest absolute Gasteiger partial charge is 0.370 e. The van der Waals surface area contributed by atoms with E-state index < -0.39 is 5.54 Å². The Morgan fingerprint density at radius 2 is 0.870 bits per heavy atom. The number of aliphatic imine (C=N–C) groups is 1. The maximum atomic E-state index is 5.82. The van der Waals surface area contributed by atoms with Crippen molar-refractivity contribution in [3.8, 4) is 0 Å². The number of guanidine groups is 1. The highest BCUT2D eigenvalue weighted by molar-refractivity contribution is 5.77. The molecule has 0 fully saturated rings. The Labute approximate surface area is 136 Å². The number of nitrogens with two attached hydrogens (primary N) is 2. The van der Waals surface area contributed by atoms with Crippen molar-refractivity contribution in [2.75, 3.05) is 0 Å². The Kier molecular flexibility index (Phi) is 4.11. The Morgan fingerprint density at radius 1 is 0.565 bits per heavy atom. The summed E-state index contributed by atoms with van der Waals surface area (Å²) in [7, 11) is 0. The summed E-state index contributed by atoms with van der Waals surface area (Å²) >= 11 is 0. The molecule has 3 heteroatoms. The molecular formula is C20H19N3. The summed E-state index contributed by atoms with van der Waals surface area (Å²) in [5.41, 5.74) is 13.9. The van der Waals surface area contributed by atoms with Crippen LogP contribution in [0.25, 0.3) is 0 Å². The summed E-state index contributed by atoms with van der Waals surface area (Å²) < 4.78 is 0. The molecule has 0 aliphatic carbocycles. The van der Waals surface area contributed by atoms with Crippen LogP contribution in [-0.2, 0) is 5.54 Å². The monoisotopic (exact) mass is 301 g/mol. The van der Waals surface area contributed by atoms with Crippen molar-refractivity contribution >= 4 is 5.96 Å². The van der Waals surface area contributed by atoms with Gasteiger partial charge in [-0.1, -0.05) is 91.0 Å². The smallest absolute Gasteiger partial charge is 0.187 e. The minimum Gasteiger partial charge on any atom is -0.370 e. The van der Waals surface area contributed by atoms with Gasteiger partial charge in [0.2, 0.25) is 0 Å². The van der Waals surface area contributed by atoms with Crippen LogP contribution in [-0.4, -0.2) is 5.96 Å². The molecule has 0 heterocycles. The van der Waals surface area contributed by atoms with Gasteiger partial charge in [0.05, 0.1) is 0 Å². The fraction of sp³-hybridized carbons (Fsp3) is 0.0500. The van der Waals surface area contributed by atoms with Crippen LogP contribution in [0, 0.1) is 0 Å². The molecule has 0 saturated heterocycles. The molecule has 3 aromatic carbocycles. The minimum absolute atomic E-state index is 0.0570. The molecule has 0 amide bonds. The van der Waals surface area contributed by atoms with Crippen molar-refractivity contribution in [3.63, 3.8) is 0 Å². The zero-order valence-electron chi connectivity index (χ0n) is 12.8. The summed E-state index contributed by atoms with van der Waals surface area (Å²) in [6.45, 7) is 0. The molecule has 0 radical (unpaired) electrons. The van der Waals surface area contributed by atoms with E-state index in [0.29, 0.717) is 0 Å². The molecule has 0 aromatic heterocycles. The third kappa shape index (κ3) is 2.81. The van der Waals surface area contributed by atoms with E-state index in [9.17, 15) is 0 Å². The minimum atomic E-state index is -0.761. The fourth-order valence-corrected chi connectivity index (χ4v) is 2.93. The van der Waals surface area contributed by atoms with Crippen molar-refractivity contribution in [2.24, 2.45) is 16.5 Å². The van der Waals surface area contributed by atoms with Gasteiger partial charge in [-0.3, -0.25) is 0 Å². The van der Waals surface area contributed by atoms with Gasteiger partial charge in [-0.15, -0.1) is 0 Å². The van der Waals surface area contributed by atoms with E-state index in [4.69, 9.17) is 16.5 Å². The maximum absolute atomic E-state index is 5.82. The molecule has 114 valence electrons. The lowest BCUT2D eigenvalue weighted by atomic mass is 9.77. The summed E-state index contributed by atoms with van der Waals surface area (Å²) in [6.07, 6.45) is 0. The van der Waals surface area contributed by atoms with Crippen LogP contribution in [0.1, 0.15) is 16.7 Å². The van der Waals surface area contributed by atoms with E-state index >= 15 is 0 Å². The Bertz CT molecular complexity index is 680. The number of benzene rings is 3. The highest BCUT2D eigenvalue weighted by atomic mass is 15.0. The van der Waals surface area contributed by atoms with Gasteiger partial charge in [0.15, 0.2) is 5.96 Å². The Morgan fingerprint density at radius 3 is 1.13 bits per heavy atom. The first-order valence-electron chi connectivity index (χ1n) is 7.51. The lowest BCUT2D eigenvalue weighted by Crippen LogP contribution is -2.34. The normalized spacial score (nSPS) is 11.0. The van der Waals surface area contributed by atoms with E-state index in [-0.39, 0.29) is 5.96 Å². The van der Waals surface area contributed by atoms with E-state index in [0.717, 1.165) is 16.7 Å². The number of hydrogen-bond acceptors (Lipinski definition) is 1. The van der Waals surface area contributed by atoms with Gasteiger partial charge in [0, 0.05) is 0 Å². The third-order valence-electron chi connectivity index (χ3n) is 3.87. The predicted octanol–water partition coefficient (Wildman–Crippen LogP) is 3.25. The molecule has 4 N–H and O–H groups in total. The molecule has 23 heavy (non-hydrogen) atoms. The molecule has 0 bridgehead atoms. The maximum Gasteiger partial charge on any atom is 0.187 e. The van der Waals surface area contributed by atoms with Crippen molar-refractivity contribution in [3.05, 3.63) is 108 Å². The lowest BCUT2D eigenvalue weighted by Gasteiger charge is -2.32.